The summed E-state index contributed by atoms with van der Waals surface area (Å²) in [6, 6.07) is 6.80. The first-order valence-electron chi connectivity index (χ1n) is 9.33. The third-order valence-electron chi connectivity index (χ3n) is 5.86. The summed E-state index contributed by atoms with van der Waals surface area (Å²) in [6.45, 7) is 6.75. The van der Waals surface area contributed by atoms with Crippen molar-refractivity contribution in [1.29, 1.82) is 0 Å². The first-order valence-corrected chi connectivity index (χ1v) is 10.1. The van der Waals surface area contributed by atoms with Crippen molar-refractivity contribution in [3.8, 4) is 11.5 Å². The number of nitrogens with zero attached hydrogens (tertiary/aromatic N) is 1. The molecule has 1 aromatic carbocycles. The van der Waals surface area contributed by atoms with Gasteiger partial charge in [-0.05, 0) is 53.6 Å². The van der Waals surface area contributed by atoms with Gasteiger partial charge in [0.1, 0.15) is 0 Å². The number of hydrogen-bond acceptors (Lipinski definition) is 4. The van der Waals surface area contributed by atoms with Crippen LogP contribution in [-0.2, 0) is 25.8 Å². The summed E-state index contributed by atoms with van der Waals surface area (Å²) in [5.41, 5.74) is 4.14. The molecule has 0 spiro atoms. The maximum Gasteiger partial charge on any atom is 0.160 e. The molecule has 3 heterocycles. The maximum atomic E-state index is 10.2. The number of thiophene rings is 1. The van der Waals surface area contributed by atoms with E-state index in [9.17, 15) is 5.11 Å². The van der Waals surface area contributed by atoms with E-state index in [1.165, 1.54) is 34.4 Å². The number of fused-ring (bicyclic) bond motifs is 4. The Kier molecular flexibility index (Phi) is 4.50. The third kappa shape index (κ3) is 3.06. The van der Waals surface area contributed by atoms with E-state index in [2.05, 4.69) is 24.8 Å². The number of hydrogen-bond donors (Lipinski definition) is 1. The second-order valence-electron chi connectivity index (χ2n) is 7.54. The van der Waals surface area contributed by atoms with Gasteiger partial charge in [-0.2, -0.15) is 0 Å². The van der Waals surface area contributed by atoms with Crippen molar-refractivity contribution in [3.63, 3.8) is 0 Å². The monoisotopic (exact) mass is 357 g/mol. The van der Waals surface area contributed by atoms with Crippen LogP contribution >= 0.6 is 11.3 Å². The number of ether oxygens (including phenoxy) is 1. The number of phenolic OH excluding ortho intramolecular Hbond substituents is 1. The van der Waals surface area contributed by atoms with Crippen molar-refractivity contribution in [2.45, 2.75) is 52.1 Å². The van der Waals surface area contributed by atoms with Crippen LogP contribution in [0.5, 0.6) is 11.5 Å². The van der Waals surface area contributed by atoms with Crippen LogP contribution in [0.2, 0.25) is 0 Å². The van der Waals surface area contributed by atoms with Crippen molar-refractivity contribution in [3.05, 3.63) is 44.6 Å². The Bertz CT molecular complexity index is 782. The molecule has 0 fully saturated rings. The SMILES string of the molecule is CCC(C)Cc1cc2c(s1)C[C@H]1c3cc(O)c(OC)cc3CCN1C2. The van der Waals surface area contributed by atoms with Crippen LogP contribution in [0.1, 0.15) is 52.8 Å². The number of methoxy groups -OCH3 is 1. The zero-order chi connectivity index (χ0) is 17.6. The summed E-state index contributed by atoms with van der Waals surface area (Å²) in [7, 11) is 1.62. The van der Waals surface area contributed by atoms with Crippen LogP contribution < -0.4 is 4.74 Å². The average molecular weight is 358 g/mol. The predicted octanol–water partition coefficient (Wildman–Crippen LogP) is 4.71. The summed E-state index contributed by atoms with van der Waals surface area (Å²) in [5, 5.41) is 10.2. The van der Waals surface area contributed by atoms with Crippen molar-refractivity contribution in [1.82, 2.24) is 4.90 Å². The van der Waals surface area contributed by atoms with E-state index in [-0.39, 0.29) is 5.75 Å². The molecule has 25 heavy (non-hydrogen) atoms. The van der Waals surface area contributed by atoms with Gasteiger partial charge in [-0.15, -0.1) is 11.3 Å². The average Bonchev–Trinajstić information content (AvgIpc) is 3.00. The van der Waals surface area contributed by atoms with Gasteiger partial charge in [-0.25, -0.2) is 0 Å². The summed E-state index contributed by atoms with van der Waals surface area (Å²) in [6.07, 6.45) is 4.54. The molecule has 1 N–H and O–H groups in total. The van der Waals surface area contributed by atoms with E-state index in [4.69, 9.17) is 4.74 Å². The summed E-state index contributed by atoms with van der Waals surface area (Å²) in [5.74, 6) is 1.61. The van der Waals surface area contributed by atoms with Gasteiger partial charge in [0.05, 0.1) is 7.11 Å². The Morgan fingerprint density at radius 3 is 2.92 bits per heavy atom. The zero-order valence-electron chi connectivity index (χ0n) is 15.3. The van der Waals surface area contributed by atoms with Gasteiger partial charge in [-0.1, -0.05) is 20.3 Å². The minimum absolute atomic E-state index is 0.262. The van der Waals surface area contributed by atoms with Gasteiger partial charge < -0.3 is 9.84 Å². The topological polar surface area (TPSA) is 32.7 Å². The molecule has 0 aliphatic carbocycles. The normalized spacial score (nSPS) is 20.5. The molecule has 1 aromatic heterocycles. The van der Waals surface area contributed by atoms with Gasteiger partial charge in [0.2, 0.25) is 0 Å². The van der Waals surface area contributed by atoms with Crippen LogP contribution in [0.3, 0.4) is 0 Å². The van der Waals surface area contributed by atoms with Gasteiger partial charge in [0.15, 0.2) is 11.5 Å². The molecule has 0 saturated heterocycles. The van der Waals surface area contributed by atoms with Gasteiger partial charge in [0.25, 0.3) is 0 Å². The summed E-state index contributed by atoms with van der Waals surface area (Å²) in [4.78, 5) is 5.66. The first-order chi connectivity index (χ1) is 12.1. The summed E-state index contributed by atoms with van der Waals surface area (Å²) < 4.78 is 5.29. The Hall–Kier alpha value is -1.52. The molecule has 2 aliphatic rings. The highest BCUT2D eigenvalue weighted by atomic mass is 32.1. The molecule has 4 rings (SSSR count). The van der Waals surface area contributed by atoms with Crippen molar-refractivity contribution < 1.29 is 9.84 Å². The molecule has 2 aliphatic heterocycles. The lowest BCUT2D eigenvalue weighted by Crippen LogP contribution is -2.38. The van der Waals surface area contributed by atoms with Crippen LogP contribution in [0.25, 0.3) is 0 Å². The highest BCUT2D eigenvalue weighted by Crippen LogP contribution is 2.44. The Balaban J connectivity index is 1.63. The molecule has 0 bridgehead atoms. The minimum Gasteiger partial charge on any atom is -0.504 e. The zero-order valence-corrected chi connectivity index (χ0v) is 16.2. The molecule has 0 amide bonds. The highest BCUT2D eigenvalue weighted by Gasteiger charge is 2.34. The van der Waals surface area contributed by atoms with Crippen molar-refractivity contribution in [2.75, 3.05) is 13.7 Å². The molecule has 0 radical (unpaired) electrons. The molecule has 2 atom stereocenters. The van der Waals surface area contributed by atoms with Crippen LogP contribution in [0.4, 0.5) is 0 Å². The smallest absolute Gasteiger partial charge is 0.160 e. The Morgan fingerprint density at radius 1 is 1.32 bits per heavy atom. The fraction of sp³-hybridized carbons (Fsp3) is 0.524. The fourth-order valence-corrected chi connectivity index (χ4v) is 5.56. The largest absolute Gasteiger partial charge is 0.504 e. The van der Waals surface area contributed by atoms with E-state index >= 15 is 0 Å². The van der Waals surface area contributed by atoms with E-state index in [1.54, 1.807) is 12.0 Å². The van der Waals surface area contributed by atoms with Crippen LogP contribution in [-0.4, -0.2) is 23.7 Å². The van der Waals surface area contributed by atoms with Crippen molar-refractivity contribution >= 4 is 11.3 Å². The lowest BCUT2D eigenvalue weighted by molar-refractivity contribution is 0.162. The van der Waals surface area contributed by atoms with Crippen molar-refractivity contribution in [2.24, 2.45) is 5.92 Å². The van der Waals surface area contributed by atoms with E-state index in [0.717, 1.165) is 31.8 Å². The van der Waals surface area contributed by atoms with E-state index in [0.29, 0.717) is 11.8 Å². The second kappa shape index (κ2) is 6.65. The number of aromatic hydroxyl groups is 1. The Morgan fingerprint density at radius 2 is 2.16 bits per heavy atom. The molecule has 4 heteroatoms. The first kappa shape index (κ1) is 16.9. The van der Waals surface area contributed by atoms with E-state index < -0.39 is 0 Å². The highest BCUT2D eigenvalue weighted by molar-refractivity contribution is 7.12. The lowest BCUT2D eigenvalue weighted by atomic mass is 9.86. The molecule has 0 saturated carbocycles. The van der Waals surface area contributed by atoms with Gasteiger partial charge in [-0.3, -0.25) is 4.90 Å². The number of phenols is 1. The molecule has 2 aromatic rings. The predicted molar refractivity (Wildman–Crippen MR) is 103 cm³/mol. The summed E-state index contributed by atoms with van der Waals surface area (Å²) >= 11 is 2.01. The third-order valence-corrected chi connectivity index (χ3v) is 7.08. The quantitative estimate of drug-likeness (QED) is 0.860. The lowest BCUT2D eigenvalue weighted by Gasteiger charge is -2.40. The number of rotatable bonds is 4. The maximum absolute atomic E-state index is 10.2. The molecular formula is C21H27NO2S. The molecule has 3 nitrogen and oxygen atoms in total. The standard InChI is InChI=1S/C21H27NO2S/c1-4-13(2)7-16-8-15-12-22-6-5-14-9-20(24-3)19(23)10-17(14)18(22)11-21(15)25-16/h8-10,13,18,23H,4-7,11-12H2,1-3H3/t13?,18-/m0/s1. The second-order valence-corrected chi connectivity index (χ2v) is 8.76. The van der Waals surface area contributed by atoms with Crippen LogP contribution in [0.15, 0.2) is 18.2 Å². The fourth-order valence-electron chi connectivity index (χ4n) is 4.18. The van der Waals surface area contributed by atoms with E-state index in [1.807, 2.05) is 23.5 Å². The molecule has 134 valence electrons. The molecular weight excluding hydrogens is 330 g/mol. The minimum atomic E-state index is 0.262. The number of benzene rings is 1. The van der Waals surface area contributed by atoms with Crippen LogP contribution in [0, 0.1) is 5.92 Å². The Labute approximate surface area is 154 Å². The van der Waals surface area contributed by atoms with Gasteiger partial charge in [0, 0.05) is 35.3 Å². The van der Waals surface area contributed by atoms with Gasteiger partial charge >= 0.3 is 0 Å². The molecule has 1 unspecified atom stereocenters.